The molecular formula is C108H100B3N5O. The lowest BCUT2D eigenvalue weighted by molar-refractivity contribution is -0.00531. The number of rotatable bonds is 8. The summed E-state index contributed by atoms with van der Waals surface area (Å²) >= 11 is 0. The Balaban J connectivity index is 0.781. The van der Waals surface area contributed by atoms with E-state index in [4.69, 9.17) is 4.74 Å². The van der Waals surface area contributed by atoms with Gasteiger partial charge in [-0.15, -0.1) is 0 Å². The Morgan fingerprint density at radius 1 is 0.239 bits per heavy atom. The Hall–Kier alpha value is -10.4. The third kappa shape index (κ3) is 9.33. The molecule has 0 atom stereocenters. The van der Waals surface area contributed by atoms with Crippen LogP contribution in [-0.2, 0) is 16.2 Å². The van der Waals surface area contributed by atoms with Gasteiger partial charge >= 0.3 is 0 Å². The second kappa shape index (κ2) is 24.0. The van der Waals surface area contributed by atoms with Gasteiger partial charge in [0.2, 0.25) is 0 Å². The summed E-state index contributed by atoms with van der Waals surface area (Å²) in [6.07, 6.45) is 24.2. The molecule has 117 heavy (non-hydrogen) atoms. The summed E-state index contributed by atoms with van der Waals surface area (Å²) in [5.41, 5.74) is 44.3. The average molecular weight is 1520 g/mol. The van der Waals surface area contributed by atoms with Crippen LogP contribution in [0, 0.1) is 94.8 Å². The highest BCUT2D eigenvalue weighted by Gasteiger charge is 2.59. The summed E-state index contributed by atoms with van der Waals surface area (Å²) < 4.78 is 7.65. The largest absolute Gasteiger partial charge is 0.458 e. The Morgan fingerprint density at radius 3 is 0.983 bits per heavy atom. The third-order valence-electron chi connectivity index (χ3n) is 34.0. The first-order chi connectivity index (χ1) is 57.2. The van der Waals surface area contributed by atoms with E-state index < -0.39 is 0 Å². The third-order valence-corrected chi connectivity index (χ3v) is 34.0. The molecule has 12 fully saturated rings. The van der Waals surface area contributed by atoms with Gasteiger partial charge < -0.3 is 29.2 Å². The smallest absolute Gasteiger partial charge is 0.256 e. The van der Waals surface area contributed by atoms with Crippen molar-refractivity contribution in [3.8, 4) is 11.5 Å². The minimum absolute atomic E-state index is 0.0687. The lowest BCUT2D eigenvalue weighted by Gasteiger charge is -2.57. The highest BCUT2D eigenvalue weighted by Crippen LogP contribution is 2.66. The SMILES string of the molecule is Cc1ccccc1N1c2cc3c(cc2B2c4cc5c(cc4N(c4ccccc4C)c4cc(C67CC8CC(CC(C8)C6)C7)cc1c42)N(c1c(C)cccc1C)c1cc(C24CC6CC(CC(C6)C2)C4)cc2c1B5c1ccccc1N2c1ccccc1)B1c2ccccc2Oc2cc(C45CC6CC(CC(C6)C4)C5)cc(c21)N3c1c(C)cccc1C. The molecule has 0 spiro atoms. The lowest BCUT2D eigenvalue weighted by atomic mass is 9.29. The lowest BCUT2D eigenvalue weighted by Crippen LogP contribution is -2.66. The van der Waals surface area contributed by atoms with E-state index in [-0.39, 0.29) is 36.4 Å². The van der Waals surface area contributed by atoms with Gasteiger partial charge in [0.05, 0.1) is 11.4 Å². The maximum absolute atomic E-state index is 7.65. The quantitative estimate of drug-likeness (QED) is 0.141. The molecular weight excluding hydrogens is 1420 g/mol. The second-order valence-electron chi connectivity index (χ2n) is 40.9. The summed E-state index contributed by atoms with van der Waals surface area (Å²) in [5.74, 6) is 9.12. The van der Waals surface area contributed by atoms with E-state index in [1.807, 2.05) is 0 Å². The van der Waals surface area contributed by atoms with Gasteiger partial charge in [0.15, 0.2) is 0 Å². The molecule has 0 saturated heterocycles. The molecule has 572 valence electrons. The van der Waals surface area contributed by atoms with E-state index in [1.165, 1.54) is 289 Å². The molecule has 30 rings (SSSR count). The molecule has 12 saturated carbocycles. The summed E-state index contributed by atoms with van der Waals surface area (Å²) in [7, 11) is 0. The van der Waals surface area contributed by atoms with Crippen LogP contribution in [-0.4, -0.2) is 20.1 Å². The number of aryl methyl sites for hydroxylation is 6. The molecule has 6 heterocycles. The molecule has 6 aliphatic heterocycles. The molecule has 0 amide bonds. The van der Waals surface area contributed by atoms with Crippen LogP contribution in [0.4, 0.5) is 85.3 Å². The van der Waals surface area contributed by atoms with E-state index >= 15 is 0 Å². The molecule has 12 aliphatic carbocycles. The van der Waals surface area contributed by atoms with Crippen LogP contribution in [0.2, 0.25) is 0 Å². The topological polar surface area (TPSA) is 25.4 Å². The summed E-state index contributed by atoms with van der Waals surface area (Å²) in [6.45, 7) is 14.0. The van der Waals surface area contributed by atoms with Crippen LogP contribution in [0.15, 0.2) is 224 Å². The van der Waals surface area contributed by atoms with Crippen molar-refractivity contribution in [2.45, 2.75) is 173 Å². The molecule has 12 aromatic rings. The molecule has 0 unspecified atom stereocenters. The van der Waals surface area contributed by atoms with Crippen molar-refractivity contribution in [1.82, 2.24) is 0 Å². The number of benzene rings is 12. The first kappa shape index (κ1) is 67.6. The van der Waals surface area contributed by atoms with Crippen LogP contribution in [0.5, 0.6) is 11.5 Å². The second-order valence-corrected chi connectivity index (χ2v) is 40.9. The number of fused-ring (bicyclic) bond motifs is 12. The molecule has 18 aliphatic rings. The predicted molar refractivity (Wildman–Crippen MR) is 488 cm³/mol. The minimum atomic E-state index is -0.197. The number of hydrogen-bond acceptors (Lipinski definition) is 6. The molecule has 0 N–H and O–H groups in total. The van der Waals surface area contributed by atoms with E-state index in [2.05, 4.69) is 290 Å². The highest BCUT2D eigenvalue weighted by molar-refractivity contribution is 7.04. The van der Waals surface area contributed by atoms with Crippen molar-refractivity contribution in [3.63, 3.8) is 0 Å². The van der Waals surface area contributed by atoms with E-state index in [0.29, 0.717) is 0 Å². The predicted octanol–water partition coefficient (Wildman–Crippen LogP) is 21.5. The number of para-hydroxylation sites is 7. The molecule has 9 heteroatoms. The van der Waals surface area contributed by atoms with E-state index in [0.717, 1.165) is 64.8 Å². The Kier molecular flexibility index (Phi) is 13.9. The standard InChI is InChI=1S/C108H100B3N5O/c1-62-20-10-14-30-87(62)113-90-51-92-85(109-81-28-12-16-32-89(81)112(80-26-8-7-9-27-80)94-43-77(106-53-68-34-69(54-106)36-70(35-68)55-106)46-97(101(94)109)115(92)104-64(3)22-18-23-65(104)4)49-83(90)111-84-50-86-93(52-91(84)114(88-31-15-11-21-63(88)2)96-45-78(44-95(113)102(96)111)107-56-71-37-72(57-107)39-73(38-71)58-107)116(105-66(5)24-19-25-67(105)6)98-47-79(108-59-74-40-75(60-108)42-76(41-74)61-108)48-100-103(98)110(86)82-29-13-17-33-99(82)117-100/h7-33,43-52,68-76H,34-42,53-61H2,1-6H3. The highest BCUT2D eigenvalue weighted by atomic mass is 16.5. The number of hydrogen-bond donors (Lipinski definition) is 0. The normalized spacial score (nSPS) is 27.6. The van der Waals surface area contributed by atoms with Crippen molar-refractivity contribution < 1.29 is 4.74 Å². The van der Waals surface area contributed by atoms with Crippen molar-refractivity contribution in [1.29, 1.82) is 0 Å². The maximum Gasteiger partial charge on any atom is 0.256 e. The van der Waals surface area contributed by atoms with E-state index in [1.54, 1.807) is 11.1 Å². The maximum atomic E-state index is 7.65. The molecule has 0 aromatic heterocycles. The van der Waals surface area contributed by atoms with Gasteiger partial charge in [0.25, 0.3) is 20.1 Å². The van der Waals surface area contributed by atoms with Crippen molar-refractivity contribution in [2.24, 2.45) is 53.3 Å². The Labute approximate surface area is 691 Å². The first-order valence-electron chi connectivity index (χ1n) is 45.3. The molecule has 12 aromatic carbocycles. The molecule has 12 bridgehead atoms. The summed E-state index contributed by atoms with van der Waals surface area (Å²) in [5, 5.41) is 0. The number of nitrogens with zero attached hydrogens (tertiary/aromatic N) is 5. The fourth-order valence-electron chi connectivity index (χ4n) is 30.7. The van der Waals surface area contributed by atoms with Crippen LogP contribution >= 0.6 is 0 Å². The zero-order valence-corrected chi connectivity index (χ0v) is 68.7. The van der Waals surface area contributed by atoms with Crippen LogP contribution < -0.4 is 78.4 Å². The minimum Gasteiger partial charge on any atom is -0.458 e. The number of ether oxygens (including phenoxy) is 1. The van der Waals surface area contributed by atoms with Gasteiger partial charge in [0.1, 0.15) is 11.5 Å². The van der Waals surface area contributed by atoms with Crippen LogP contribution in [0.25, 0.3) is 0 Å². The molecule has 6 nitrogen and oxygen atoms in total. The van der Waals surface area contributed by atoms with Crippen LogP contribution in [0.1, 0.15) is 166 Å². The van der Waals surface area contributed by atoms with Crippen LogP contribution in [0.3, 0.4) is 0 Å². The Bertz CT molecular complexity index is 6210. The monoisotopic (exact) mass is 1520 g/mol. The Morgan fingerprint density at radius 2 is 0.556 bits per heavy atom. The fraction of sp³-hybridized carbons (Fsp3) is 0.333. The van der Waals surface area contributed by atoms with E-state index in [9.17, 15) is 0 Å². The van der Waals surface area contributed by atoms with Gasteiger partial charge in [-0.3, -0.25) is 0 Å². The fourth-order valence-corrected chi connectivity index (χ4v) is 30.7. The van der Waals surface area contributed by atoms with Gasteiger partial charge in [-0.05, 0) is 411 Å². The molecule has 0 radical (unpaired) electrons. The van der Waals surface area contributed by atoms with Gasteiger partial charge in [-0.1, -0.05) is 140 Å². The van der Waals surface area contributed by atoms with Crippen molar-refractivity contribution in [2.75, 3.05) is 24.5 Å². The van der Waals surface area contributed by atoms with Gasteiger partial charge in [-0.25, -0.2) is 0 Å². The average Bonchev–Trinajstić information content (AvgIpc) is 0.673. The van der Waals surface area contributed by atoms with Crippen molar-refractivity contribution in [3.05, 3.63) is 275 Å². The number of anilines is 15. The first-order valence-corrected chi connectivity index (χ1v) is 45.3. The summed E-state index contributed by atoms with van der Waals surface area (Å²) in [6, 6.07) is 91.3. The van der Waals surface area contributed by atoms with Gasteiger partial charge in [0, 0.05) is 73.9 Å². The zero-order chi connectivity index (χ0) is 77.1. The zero-order valence-electron chi connectivity index (χ0n) is 68.7. The summed E-state index contributed by atoms with van der Waals surface area (Å²) in [4.78, 5) is 14.1. The van der Waals surface area contributed by atoms with Crippen molar-refractivity contribution >= 4 is 155 Å². The van der Waals surface area contributed by atoms with Gasteiger partial charge in [-0.2, -0.15) is 0 Å².